The van der Waals surface area contributed by atoms with E-state index in [-0.39, 0.29) is 5.23 Å². The van der Waals surface area contributed by atoms with Gasteiger partial charge in [0.15, 0.2) is 0 Å². The lowest BCUT2D eigenvalue weighted by molar-refractivity contribution is 0.297. The van der Waals surface area contributed by atoms with Gasteiger partial charge in [-0.05, 0) is 19.3 Å². The average Bonchev–Trinajstić information content (AvgIpc) is 2.51. The number of hydrogen-bond acceptors (Lipinski definition) is 6. The molecule has 0 aromatic carbocycles. The Morgan fingerprint density at radius 3 is 2.86 bits per heavy atom. The molecule has 0 saturated carbocycles. The van der Waals surface area contributed by atoms with Crippen molar-refractivity contribution in [2.24, 2.45) is 4.99 Å². The summed E-state index contributed by atoms with van der Waals surface area (Å²) in [5, 5.41) is 8.72. The van der Waals surface area contributed by atoms with Crippen LogP contribution in [-0.4, -0.2) is 30.2 Å². The molecule has 0 unspecified atom stereocenters. The largest absolute Gasteiger partial charge is 0.473 e. The van der Waals surface area contributed by atoms with Gasteiger partial charge in [0.2, 0.25) is 0 Å². The number of nitrogens with zero attached hydrogens (tertiary/aromatic N) is 1. The fourth-order valence-corrected chi connectivity index (χ4v) is 3.40. The zero-order valence-electron chi connectivity index (χ0n) is 13.1. The van der Waals surface area contributed by atoms with E-state index >= 15 is 0 Å². The molecule has 0 amide bonds. The van der Waals surface area contributed by atoms with E-state index < -0.39 is 0 Å². The van der Waals surface area contributed by atoms with E-state index in [1.807, 2.05) is 0 Å². The van der Waals surface area contributed by atoms with Gasteiger partial charge in [-0.3, -0.25) is 5.41 Å². The molecule has 0 aliphatic carbocycles. The number of aliphatic imine (C=N–C) groups is 1. The van der Waals surface area contributed by atoms with Crippen LogP contribution in [0.4, 0.5) is 0 Å². The fourth-order valence-electron chi connectivity index (χ4n) is 1.96. The maximum atomic E-state index is 7.77. The number of ether oxygens (including phenoxy) is 2. The summed E-state index contributed by atoms with van der Waals surface area (Å²) >= 11 is 0. The molecule has 0 atom stereocenters. The molecule has 0 aromatic heterocycles. The van der Waals surface area contributed by atoms with Crippen LogP contribution in [0.25, 0.3) is 0 Å². The SMILES string of the molecule is CCCCCCOC(=N)SS/C1=N/CCCCCCCO1. The molecule has 0 saturated heterocycles. The molecule has 0 aromatic rings. The molecule has 1 aliphatic heterocycles. The van der Waals surface area contributed by atoms with Gasteiger partial charge < -0.3 is 9.47 Å². The Hall–Kier alpha value is -0.360. The summed E-state index contributed by atoms with van der Waals surface area (Å²) in [4.78, 5) is 4.46. The van der Waals surface area contributed by atoms with Crippen molar-refractivity contribution in [3.8, 4) is 0 Å². The van der Waals surface area contributed by atoms with Crippen molar-refractivity contribution in [3.05, 3.63) is 0 Å². The van der Waals surface area contributed by atoms with Gasteiger partial charge in [0, 0.05) is 28.1 Å². The van der Waals surface area contributed by atoms with Crippen LogP contribution in [0.15, 0.2) is 4.99 Å². The first-order valence-corrected chi connectivity index (χ1v) is 10.2. The maximum absolute atomic E-state index is 7.77. The highest BCUT2D eigenvalue weighted by atomic mass is 33.1. The normalized spacial score (nSPS) is 19.2. The minimum Gasteiger partial charge on any atom is -0.473 e. The van der Waals surface area contributed by atoms with Gasteiger partial charge in [0.25, 0.3) is 10.5 Å². The van der Waals surface area contributed by atoms with E-state index in [2.05, 4.69) is 11.9 Å². The number of unbranched alkanes of at least 4 members (excludes halogenated alkanes) is 3. The van der Waals surface area contributed by atoms with E-state index in [1.54, 1.807) is 0 Å². The van der Waals surface area contributed by atoms with Gasteiger partial charge in [-0.15, -0.1) is 0 Å². The smallest absolute Gasteiger partial charge is 0.257 e. The van der Waals surface area contributed by atoms with Gasteiger partial charge in [-0.2, -0.15) is 0 Å². The second kappa shape index (κ2) is 13.3. The fraction of sp³-hybridized carbons (Fsp3) is 0.867. The van der Waals surface area contributed by atoms with Crippen molar-refractivity contribution < 1.29 is 9.47 Å². The van der Waals surface area contributed by atoms with Crippen LogP contribution < -0.4 is 0 Å². The first kappa shape index (κ1) is 18.7. The Kier molecular flexibility index (Phi) is 11.8. The molecule has 4 nitrogen and oxygen atoms in total. The van der Waals surface area contributed by atoms with Crippen molar-refractivity contribution in [3.63, 3.8) is 0 Å². The Morgan fingerprint density at radius 1 is 1.19 bits per heavy atom. The van der Waals surface area contributed by atoms with Gasteiger partial charge in [0.1, 0.15) is 0 Å². The summed E-state index contributed by atoms with van der Waals surface area (Å²) in [6.45, 7) is 4.39. The highest BCUT2D eigenvalue weighted by Crippen LogP contribution is 2.26. The molecule has 122 valence electrons. The topological polar surface area (TPSA) is 54.7 Å². The van der Waals surface area contributed by atoms with Crippen LogP contribution in [0.3, 0.4) is 0 Å². The minimum absolute atomic E-state index is 0.250. The monoisotopic (exact) mass is 332 g/mol. The zero-order valence-corrected chi connectivity index (χ0v) is 14.7. The van der Waals surface area contributed by atoms with E-state index in [1.165, 1.54) is 60.1 Å². The third kappa shape index (κ3) is 10.9. The van der Waals surface area contributed by atoms with Crippen LogP contribution in [0.1, 0.15) is 64.7 Å². The lowest BCUT2D eigenvalue weighted by Crippen LogP contribution is -2.06. The standard InChI is InChI=1S/C15H28N2O2S2/c1-2-3-4-9-12-18-14(16)20-21-15-17-11-8-6-5-7-10-13-19-15/h16H,2-13H2,1H3/b16-14?,17-15+. The quantitative estimate of drug-likeness (QED) is 0.324. The first-order chi connectivity index (χ1) is 10.3. The third-order valence-electron chi connectivity index (χ3n) is 3.19. The molecule has 1 heterocycles. The van der Waals surface area contributed by atoms with Crippen molar-refractivity contribution in [1.29, 1.82) is 5.41 Å². The molecular weight excluding hydrogens is 304 g/mol. The van der Waals surface area contributed by atoms with Gasteiger partial charge >= 0.3 is 0 Å². The second-order valence-electron chi connectivity index (χ2n) is 5.13. The third-order valence-corrected chi connectivity index (χ3v) is 5.06. The van der Waals surface area contributed by atoms with Crippen molar-refractivity contribution >= 4 is 32.0 Å². The molecule has 6 heteroatoms. The summed E-state index contributed by atoms with van der Waals surface area (Å²) in [7, 11) is 2.70. The zero-order chi connectivity index (χ0) is 15.2. The van der Waals surface area contributed by atoms with Crippen molar-refractivity contribution in [1.82, 2.24) is 0 Å². The molecule has 1 N–H and O–H groups in total. The van der Waals surface area contributed by atoms with Crippen LogP contribution >= 0.6 is 21.6 Å². The van der Waals surface area contributed by atoms with Gasteiger partial charge in [0.05, 0.1) is 13.2 Å². The molecule has 0 bridgehead atoms. The summed E-state index contributed by atoms with van der Waals surface area (Å²) in [6.07, 6.45) is 10.7. The maximum Gasteiger partial charge on any atom is 0.257 e. The summed E-state index contributed by atoms with van der Waals surface area (Å²) in [6, 6.07) is 0. The molecule has 1 aliphatic rings. The summed E-state index contributed by atoms with van der Waals surface area (Å²) in [5.41, 5.74) is 0. The minimum atomic E-state index is 0.250. The Balaban J connectivity index is 2.15. The highest BCUT2D eigenvalue weighted by Gasteiger charge is 2.08. The van der Waals surface area contributed by atoms with E-state index in [0.29, 0.717) is 11.8 Å². The van der Waals surface area contributed by atoms with Crippen molar-refractivity contribution in [2.45, 2.75) is 64.7 Å². The van der Waals surface area contributed by atoms with E-state index in [4.69, 9.17) is 14.9 Å². The van der Waals surface area contributed by atoms with Crippen molar-refractivity contribution in [2.75, 3.05) is 19.8 Å². The predicted molar refractivity (Wildman–Crippen MR) is 94.3 cm³/mol. The number of rotatable bonds is 5. The summed E-state index contributed by atoms with van der Waals surface area (Å²) in [5.74, 6) is 0. The lowest BCUT2D eigenvalue weighted by atomic mass is 10.1. The Morgan fingerprint density at radius 2 is 2.00 bits per heavy atom. The highest BCUT2D eigenvalue weighted by molar-refractivity contribution is 8.87. The van der Waals surface area contributed by atoms with E-state index in [0.717, 1.165) is 32.4 Å². The Bertz CT molecular complexity index is 312. The molecule has 0 spiro atoms. The first-order valence-electron chi connectivity index (χ1n) is 8.06. The Labute approximate surface area is 136 Å². The van der Waals surface area contributed by atoms with E-state index in [9.17, 15) is 0 Å². The van der Waals surface area contributed by atoms with Crippen LogP contribution in [0, 0.1) is 5.41 Å². The van der Waals surface area contributed by atoms with Crippen LogP contribution in [0.5, 0.6) is 0 Å². The predicted octanol–water partition coefficient (Wildman–Crippen LogP) is 5.24. The molecule has 0 fully saturated rings. The van der Waals surface area contributed by atoms with Crippen LogP contribution in [0.2, 0.25) is 0 Å². The molecule has 0 radical (unpaired) electrons. The summed E-state index contributed by atoms with van der Waals surface area (Å²) < 4.78 is 11.1. The molecule has 1 rings (SSSR count). The second-order valence-corrected chi connectivity index (χ2v) is 7.18. The number of hydrogen-bond donors (Lipinski definition) is 1. The average molecular weight is 333 g/mol. The van der Waals surface area contributed by atoms with Gasteiger partial charge in [-0.1, -0.05) is 45.4 Å². The molecule has 21 heavy (non-hydrogen) atoms. The lowest BCUT2D eigenvalue weighted by Gasteiger charge is -2.11. The van der Waals surface area contributed by atoms with Crippen LogP contribution in [-0.2, 0) is 9.47 Å². The number of nitrogens with one attached hydrogen (secondary N) is 1. The van der Waals surface area contributed by atoms with Gasteiger partial charge in [-0.25, -0.2) is 4.99 Å². The molecular formula is C15H28N2O2S2.